The number of carbonyl (C=O) groups excluding carboxylic acids is 2. The lowest BCUT2D eigenvalue weighted by Gasteiger charge is -2.32. The Morgan fingerprint density at radius 1 is 1.33 bits per heavy atom. The third kappa shape index (κ3) is 4.32. The van der Waals surface area contributed by atoms with E-state index < -0.39 is 5.82 Å². The summed E-state index contributed by atoms with van der Waals surface area (Å²) in [4.78, 5) is 24.7. The zero-order chi connectivity index (χ0) is 15.4. The number of urea groups is 1. The molecule has 1 aromatic carbocycles. The van der Waals surface area contributed by atoms with Gasteiger partial charge in [-0.1, -0.05) is 11.6 Å². The van der Waals surface area contributed by atoms with Crippen molar-refractivity contribution in [3.63, 3.8) is 0 Å². The van der Waals surface area contributed by atoms with Crippen molar-refractivity contribution in [2.45, 2.75) is 25.8 Å². The highest BCUT2D eigenvalue weighted by atomic mass is 35.5. The number of benzene rings is 1. The second-order valence-corrected chi connectivity index (χ2v) is 5.43. The average Bonchev–Trinajstić information content (AvgIpc) is 2.43. The first-order valence-electron chi connectivity index (χ1n) is 6.74. The molecule has 2 N–H and O–H groups in total. The Balaban J connectivity index is 1.87. The third-order valence-corrected chi connectivity index (χ3v) is 3.65. The summed E-state index contributed by atoms with van der Waals surface area (Å²) in [6, 6.07) is 3.91. The lowest BCUT2D eigenvalue weighted by Crippen LogP contribution is -2.47. The molecule has 0 atom stereocenters. The molecule has 1 heterocycles. The van der Waals surface area contributed by atoms with Crippen molar-refractivity contribution >= 4 is 29.2 Å². The topological polar surface area (TPSA) is 61.4 Å². The molecule has 2 rings (SSSR count). The van der Waals surface area contributed by atoms with Crippen LogP contribution in [-0.4, -0.2) is 36.0 Å². The van der Waals surface area contributed by atoms with Gasteiger partial charge >= 0.3 is 6.03 Å². The lowest BCUT2D eigenvalue weighted by molar-refractivity contribution is -0.119. The fraction of sp³-hybridized carbons (Fsp3) is 0.429. The smallest absolute Gasteiger partial charge is 0.321 e. The molecular weight excluding hydrogens is 297 g/mol. The molecule has 0 saturated carbocycles. The third-order valence-electron chi connectivity index (χ3n) is 3.36. The Bertz CT molecular complexity index is 545. The zero-order valence-corrected chi connectivity index (χ0v) is 12.4. The number of likely N-dealkylation sites (tertiary alicyclic amines) is 1. The first-order chi connectivity index (χ1) is 9.95. The first-order valence-corrected chi connectivity index (χ1v) is 7.11. The lowest BCUT2D eigenvalue weighted by atomic mass is 10.1. The van der Waals surface area contributed by atoms with E-state index in [-0.39, 0.29) is 23.0 Å². The van der Waals surface area contributed by atoms with Crippen LogP contribution in [0, 0.1) is 5.82 Å². The summed E-state index contributed by atoms with van der Waals surface area (Å²) in [6.07, 6.45) is 1.44. The van der Waals surface area contributed by atoms with Gasteiger partial charge in [0.2, 0.25) is 5.91 Å². The van der Waals surface area contributed by atoms with Crippen molar-refractivity contribution in [2.75, 3.05) is 18.4 Å². The molecular formula is C14H17ClFN3O2. The summed E-state index contributed by atoms with van der Waals surface area (Å²) in [5.74, 6) is -0.579. The van der Waals surface area contributed by atoms with E-state index in [4.69, 9.17) is 11.6 Å². The second kappa shape index (κ2) is 6.76. The number of nitrogens with one attached hydrogen (secondary N) is 2. The minimum Gasteiger partial charge on any atom is -0.353 e. The number of halogens is 2. The second-order valence-electron chi connectivity index (χ2n) is 5.02. The van der Waals surface area contributed by atoms with Crippen LogP contribution in [0.3, 0.4) is 0 Å². The van der Waals surface area contributed by atoms with Gasteiger partial charge in [0.25, 0.3) is 0 Å². The summed E-state index contributed by atoms with van der Waals surface area (Å²) in [6.45, 7) is 2.61. The van der Waals surface area contributed by atoms with Crippen molar-refractivity contribution < 1.29 is 14.0 Å². The molecule has 21 heavy (non-hydrogen) atoms. The first kappa shape index (κ1) is 15.6. The number of hydrogen-bond donors (Lipinski definition) is 2. The maximum absolute atomic E-state index is 13.0. The van der Waals surface area contributed by atoms with Crippen LogP contribution in [0.4, 0.5) is 14.9 Å². The van der Waals surface area contributed by atoms with Crippen LogP contribution in [0.2, 0.25) is 5.02 Å². The number of piperidine rings is 1. The number of anilines is 1. The quantitative estimate of drug-likeness (QED) is 0.881. The van der Waals surface area contributed by atoms with Gasteiger partial charge in [-0.15, -0.1) is 0 Å². The Labute approximate surface area is 127 Å². The average molecular weight is 314 g/mol. The Kier molecular flexibility index (Phi) is 5.01. The highest BCUT2D eigenvalue weighted by molar-refractivity contribution is 6.31. The fourth-order valence-corrected chi connectivity index (χ4v) is 2.47. The minimum atomic E-state index is -0.522. The molecule has 5 nitrogen and oxygen atoms in total. The van der Waals surface area contributed by atoms with E-state index in [0.717, 1.165) is 12.8 Å². The number of carbonyl (C=O) groups is 2. The van der Waals surface area contributed by atoms with Crippen LogP contribution >= 0.6 is 11.6 Å². The summed E-state index contributed by atoms with van der Waals surface area (Å²) < 4.78 is 13.0. The Morgan fingerprint density at radius 2 is 2.00 bits per heavy atom. The van der Waals surface area contributed by atoms with E-state index in [2.05, 4.69) is 10.6 Å². The maximum atomic E-state index is 13.0. The standard InChI is InChI=1S/C14H17ClFN3O2/c1-9(20)17-10-4-6-19(7-5-10)14(21)18-11-2-3-13(16)12(15)8-11/h2-3,8,10H,4-7H2,1H3,(H,17,20)(H,18,21). The SMILES string of the molecule is CC(=O)NC1CCN(C(=O)Nc2ccc(F)c(Cl)c2)CC1. The molecule has 1 saturated heterocycles. The van der Waals surface area contributed by atoms with Crippen molar-refractivity contribution in [1.82, 2.24) is 10.2 Å². The molecule has 7 heteroatoms. The number of nitrogens with zero attached hydrogens (tertiary/aromatic N) is 1. The normalized spacial score (nSPS) is 15.7. The summed E-state index contributed by atoms with van der Waals surface area (Å²) >= 11 is 5.67. The molecule has 3 amide bonds. The zero-order valence-electron chi connectivity index (χ0n) is 11.7. The van der Waals surface area contributed by atoms with Gasteiger partial charge in [-0.05, 0) is 31.0 Å². The van der Waals surface area contributed by atoms with Crippen molar-refractivity contribution in [1.29, 1.82) is 0 Å². The molecule has 1 fully saturated rings. The molecule has 0 bridgehead atoms. The van der Waals surface area contributed by atoms with E-state index in [1.54, 1.807) is 4.90 Å². The van der Waals surface area contributed by atoms with Gasteiger partial charge in [0.15, 0.2) is 0 Å². The van der Waals surface area contributed by atoms with E-state index in [1.807, 2.05) is 0 Å². The minimum absolute atomic E-state index is 0.0304. The summed E-state index contributed by atoms with van der Waals surface area (Å²) in [7, 11) is 0. The van der Waals surface area contributed by atoms with Gasteiger partial charge < -0.3 is 15.5 Å². The largest absolute Gasteiger partial charge is 0.353 e. The monoisotopic (exact) mass is 313 g/mol. The van der Waals surface area contributed by atoms with Crippen LogP contribution in [0.25, 0.3) is 0 Å². The van der Waals surface area contributed by atoms with Gasteiger partial charge in [0.05, 0.1) is 5.02 Å². The molecule has 0 aliphatic carbocycles. The van der Waals surface area contributed by atoms with Crippen LogP contribution < -0.4 is 10.6 Å². The molecule has 0 aromatic heterocycles. The highest BCUT2D eigenvalue weighted by Gasteiger charge is 2.23. The summed E-state index contributed by atoms with van der Waals surface area (Å²) in [5, 5.41) is 5.50. The van der Waals surface area contributed by atoms with E-state index >= 15 is 0 Å². The maximum Gasteiger partial charge on any atom is 0.321 e. The molecule has 1 aliphatic heterocycles. The number of rotatable bonds is 2. The van der Waals surface area contributed by atoms with Gasteiger partial charge in [-0.3, -0.25) is 4.79 Å². The van der Waals surface area contributed by atoms with Crippen LogP contribution in [0.1, 0.15) is 19.8 Å². The molecule has 1 aromatic rings. The molecule has 114 valence electrons. The van der Waals surface area contributed by atoms with Gasteiger partial charge in [0.1, 0.15) is 5.82 Å². The van der Waals surface area contributed by atoms with Crippen LogP contribution in [0.5, 0.6) is 0 Å². The Morgan fingerprint density at radius 3 is 2.57 bits per heavy atom. The summed E-state index contributed by atoms with van der Waals surface area (Å²) in [5.41, 5.74) is 0.454. The van der Waals surface area contributed by atoms with E-state index in [0.29, 0.717) is 18.8 Å². The van der Waals surface area contributed by atoms with Crippen LogP contribution in [0.15, 0.2) is 18.2 Å². The van der Waals surface area contributed by atoms with Crippen molar-refractivity contribution in [3.8, 4) is 0 Å². The number of hydrogen-bond acceptors (Lipinski definition) is 2. The predicted octanol–water partition coefficient (Wildman–Crippen LogP) is 2.61. The van der Waals surface area contributed by atoms with Gasteiger partial charge in [-0.25, -0.2) is 9.18 Å². The van der Waals surface area contributed by atoms with E-state index in [1.165, 1.54) is 25.1 Å². The molecule has 0 spiro atoms. The van der Waals surface area contributed by atoms with E-state index in [9.17, 15) is 14.0 Å². The van der Waals surface area contributed by atoms with Gasteiger partial charge in [0, 0.05) is 31.7 Å². The highest BCUT2D eigenvalue weighted by Crippen LogP contribution is 2.20. The fourth-order valence-electron chi connectivity index (χ4n) is 2.29. The molecule has 1 aliphatic rings. The van der Waals surface area contributed by atoms with Crippen LogP contribution in [-0.2, 0) is 4.79 Å². The van der Waals surface area contributed by atoms with Gasteiger partial charge in [-0.2, -0.15) is 0 Å². The molecule has 0 radical (unpaired) electrons. The molecule has 0 unspecified atom stereocenters. The predicted molar refractivity (Wildman–Crippen MR) is 78.8 cm³/mol. The Hall–Kier alpha value is -1.82. The number of amides is 3. The van der Waals surface area contributed by atoms with Crippen molar-refractivity contribution in [3.05, 3.63) is 29.0 Å². The van der Waals surface area contributed by atoms with Crippen molar-refractivity contribution in [2.24, 2.45) is 0 Å².